The van der Waals surface area contributed by atoms with Crippen LogP contribution in [0.15, 0.2) is 24.3 Å². The molecule has 1 aliphatic carbocycles. The normalized spacial score (nSPS) is 20.0. The van der Waals surface area contributed by atoms with Crippen molar-refractivity contribution < 1.29 is 9.53 Å². The second kappa shape index (κ2) is 6.83. The Kier molecular flexibility index (Phi) is 5.10. The van der Waals surface area contributed by atoms with Crippen LogP contribution in [0.5, 0.6) is 5.75 Å². The Morgan fingerprint density at radius 1 is 1.33 bits per heavy atom. The topological polar surface area (TPSA) is 50.4 Å². The molecule has 0 saturated heterocycles. The SMILES string of the molecule is COc1ccc(CCNC(=O)NC2CCC(C)(C)C2)cc1. The van der Waals surface area contributed by atoms with Crippen molar-refractivity contribution in [3.05, 3.63) is 29.8 Å². The average Bonchev–Trinajstić information content (AvgIpc) is 2.78. The van der Waals surface area contributed by atoms with E-state index in [2.05, 4.69) is 24.5 Å². The smallest absolute Gasteiger partial charge is 0.315 e. The molecule has 2 amide bonds. The third-order valence-corrected chi connectivity index (χ3v) is 4.16. The van der Waals surface area contributed by atoms with Crippen LogP contribution in [0.3, 0.4) is 0 Å². The molecule has 0 aromatic heterocycles. The monoisotopic (exact) mass is 290 g/mol. The molecule has 1 aromatic carbocycles. The van der Waals surface area contributed by atoms with E-state index in [1.54, 1.807) is 7.11 Å². The number of nitrogens with one attached hydrogen (secondary N) is 2. The first-order valence-corrected chi connectivity index (χ1v) is 7.66. The van der Waals surface area contributed by atoms with Gasteiger partial charge in [0, 0.05) is 12.6 Å². The van der Waals surface area contributed by atoms with Crippen molar-refractivity contribution in [2.24, 2.45) is 5.41 Å². The summed E-state index contributed by atoms with van der Waals surface area (Å²) in [6, 6.07) is 8.20. The molecule has 0 spiro atoms. The quantitative estimate of drug-likeness (QED) is 0.875. The van der Waals surface area contributed by atoms with Gasteiger partial charge in [-0.1, -0.05) is 26.0 Å². The molecule has 2 rings (SSSR count). The predicted octanol–water partition coefficient (Wildman–Crippen LogP) is 3.12. The number of carbonyl (C=O) groups is 1. The molecule has 2 N–H and O–H groups in total. The number of carbonyl (C=O) groups excluding carboxylic acids is 1. The summed E-state index contributed by atoms with van der Waals surface area (Å²) in [5.41, 5.74) is 1.55. The Hall–Kier alpha value is -1.71. The molecule has 1 aromatic rings. The van der Waals surface area contributed by atoms with Gasteiger partial charge >= 0.3 is 6.03 Å². The Morgan fingerprint density at radius 2 is 2.05 bits per heavy atom. The average molecular weight is 290 g/mol. The highest BCUT2D eigenvalue weighted by Gasteiger charge is 2.31. The second-order valence-corrected chi connectivity index (χ2v) is 6.60. The molecule has 21 heavy (non-hydrogen) atoms. The van der Waals surface area contributed by atoms with E-state index in [1.807, 2.05) is 24.3 Å². The Balaban J connectivity index is 1.67. The third-order valence-electron chi connectivity index (χ3n) is 4.16. The molecule has 4 nitrogen and oxygen atoms in total. The Morgan fingerprint density at radius 3 is 2.62 bits per heavy atom. The van der Waals surface area contributed by atoms with Crippen LogP contribution < -0.4 is 15.4 Å². The van der Waals surface area contributed by atoms with Crippen molar-refractivity contribution in [2.45, 2.75) is 45.6 Å². The van der Waals surface area contributed by atoms with Gasteiger partial charge in [0.15, 0.2) is 0 Å². The van der Waals surface area contributed by atoms with Crippen molar-refractivity contribution >= 4 is 6.03 Å². The number of urea groups is 1. The first kappa shape index (κ1) is 15.7. The largest absolute Gasteiger partial charge is 0.497 e. The molecule has 1 unspecified atom stereocenters. The van der Waals surface area contributed by atoms with Crippen molar-refractivity contribution in [3.8, 4) is 5.75 Å². The highest BCUT2D eigenvalue weighted by atomic mass is 16.5. The van der Waals surface area contributed by atoms with E-state index in [9.17, 15) is 4.79 Å². The minimum Gasteiger partial charge on any atom is -0.497 e. The number of hydrogen-bond acceptors (Lipinski definition) is 2. The minimum absolute atomic E-state index is 0.0498. The molecule has 0 bridgehead atoms. The van der Waals surface area contributed by atoms with Crippen LogP contribution in [0.25, 0.3) is 0 Å². The van der Waals surface area contributed by atoms with Gasteiger partial charge in [-0.2, -0.15) is 0 Å². The van der Waals surface area contributed by atoms with Gasteiger partial charge in [-0.05, 0) is 48.8 Å². The van der Waals surface area contributed by atoms with Crippen molar-refractivity contribution in [3.63, 3.8) is 0 Å². The van der Waals surface area contributed by atoms with Gasteiger partial charge < -0.3 is 15.4 Å². The summed E-state index contributed by atoms with van der Waals surface area (Å²) in [4.78, 5) is 11.9. The molecule has 4 heteroatoms. The highest BCUT2D eigenvalue weighted by Crippen LogP contribution is 2.36. The van der Waals surface area contributed by atoms with E-state index in [-0.39, 0.29) is 6.03 Å². The van der Waals surface area contributed by atoms with Gasteiger partial charge in [-0.25, -0.2) is 4.79 Å². The zero-order valence-corrected chi connectivity index (χ0v) is 13.2. The van der Waals surface area contributed by atoms with Gasteiger partial charge in [-0.3, -0.25) is 0 Å². The number of rotatable bonds is 5. The number of amides is 2. The lowest BCUT2D eigenvalue weighted by Crippen LogP contribution is -2.42. The van der Waals surface area contributed by atoms with Crippen molar-refractivity contribution in [1.82, 2.24) is 10.6 Å². The van der Waals surface area contributed by atoms with Crippen LogP contribution >= 0.6 is 0 Å². The zero-order valence-electron chi connectivity index (χ0n) is 13.2. The van der Waals surface area contributed by atoms with Crippen LogP contribution in [-0.4, -0.2) is 25.7 Å². The third kappa shape index (κ3) is 4.96. The fourth-order valence-corrected chi connectivity index (χ4v) is 2.91. The Labute approximate surface area is 127 Å². The van der Waals surface area contributed by atoms with Crippen LogP contribution in [0.4, 0.5) is 4.79 Å². The van der Waals surface area contributed by atoms with Gasteiger partial charge in [0.25, 0.3) is 0 Å². The van der Waals surface area contributed by atoms with E-state index < -0.39 is 0 Å². The lowest BCUT2D eigenvalue weighted by molar-refractivity contribution is 0.236. The number of methoxy groups -OCH3 is 1. The van der Waals surface area contributed by atoms with Crippen molar-refractivity contribution in [2.75, 3.05) is 13.7 Å². The van der Waals surface area contributed by atoms with E-state index in [0.717, 1.165) is 25.0 Å². The first-order chi connectivity index (χ1) is 9.98. The molecule has 1 atom stereocenters. The molecule has 1 saturated carbocycles. The highest BCUT2D eigenvalue weighted by molar-refractivity contribution is 5.74. The van der Waals surface area contributed by atoms with Crippen LogP contribution in [0, 0.1) is 5.41 Å². The minimum atomic E-state index is -0.0498. The maximum atomic E-state index is 11.9. The van der Waals surface area contributed by atoms with Gasteiger partial charge in [0.2, 0.25) is 0 Å². The first-order valence-electron chi connectivity index (χ1n) is 7.66. The van der Waals surface area contributed by atoms with E-state index in [1.165, 1.54) is 12.0 Å². The van der Waals surface area contributed by atoms with E-state index >= 15 is 0 Å². The summed E-state index contributed by atoms with van der Waals surface area (Å²) in [7, 11) is 1.66. The number of ether oxygens (including phenoxy) is 1. The Bertz CT molecular complexity index is 468. The summed E-state index contributed by atoms with van der Waals surface area (Å²) >= 11 is 0. The lowest BCUT2D eigenvalue weighted by atomic mass is 9.92. The molecule has 116 valence electrons. The van der Waals surface area contributed by atoms with E-state index in [4.69, 9.17) is 4.74 Å². The summed E-state index contributed by atoms with van der Waals surface area (Å²) in [6.45, 7) is 5.17. The maximum Gasteiger partial charge on any atom is 0.315 e. The fraction of sp³-hybridized carbons (Fsp3) is 0.588. The van der Waals surface area contributed by atoms with Gasteiger partial charge in [-0.15, -0.1) is 0 Å². The molecule has 0 radical (unpaired) electrons. The van der Waals surface area contributed by atoms with Gasteiger partial charge in [0.05, 0.1) is 7.11 Å². The molecular formula is C17H26N2O2. The van der Waals surface area contributed by atoms with Gasteiger partial charge in [0.1, 0.15) is 5.75 Å². The molecule has 1 fully saturated rings. The van der Waals surface area contributed by atoms with Crippen LogP contribution in [0.1, 0.15) is 38.7 Å². The molecule has 1 aliphatic rings. The van der Waals surface area contributed by atoms with Crippen LogP contribution in [-0.2, 0) is 6.42 Å². The predicted molar refractivity (Wildman–Crippen MR) is 84.7 cm³/mol. The fourth-order valence-electron chi connectivity index (χ4n) is 2.91. The summed E-state index contributed by atoms with van der Waals surface area (Å²) < 4.78 is 5.12. The summed E-state index contributed by atoms with van der Waals surface area (Å²) in [5.74, 6) is 0.855. The lowest BCUT2D eigenvalue weighted by Gasteiger charge is -2.18. The number of benzene rings is 1. The summed E-state index contributed by atoms with van der Waals surface area (Å²) in [5, 5.41) is 6.00. The van der Waals surface area contributed by atoms with E-state index in [0.29, 0.717) is 18.0 Å². The second-order valence-electron chi connectivity index (χ2n) is 6.60. The summed E-state index contributed by atoms with van der Waals surface area (Å²) in [6.07, 6.45) is 4.16. The van der Waals surface area contributed by atoms with Crippen LogP contribution in [0.2, 0.25) is 0 Å². The maximum absolute atomic E-state index is 11.9. The molecule has 0 aliphatic heterocycles. The number of hydrogen-bond donors (Lipinski definition) is 2. The van der Waals surface area contributed by atoms with Crippen molar-refractivity contribution in [1.29, 1.82) is 0 Å². The standard InChI is InChI=1S/C17H26N2O2/c1-17(2)10-8-14(12-17)19-16(20)18-11-9-13-4-6-15(21-3)7-5-13/h4-7,14H,8-12H2,1-3H3,(H2,18,19,20). The molecular weight excluding hydrogens is 264 g/mol. The zero-order chi connectivity index (χ0) is 15.3. The molecule has 0 heterocycles.